The first-order valence-electron chi connectivity index (χ1n) is 6.71. The molecule has 1 heterocycles. The van der Waals surface area contributed by atoms with Crippen LogP contribution in [0.1, 0.15) is 39.0 Å². The van der Waals surface area contributed by atoms with Gasteiger partial charge in [0.15, 0.2) is 0 Å². The number of nitrogens with two attached hydrogens (primary N) is 1. The first-order valence-corrected chi connectivity index (χ1v) is 6.71. The molecule has 0 spiro atoms. The van der Waals surface area contributed by atoms with E-state index in [0.29, 0.717) is 24.3 Å². The molecular weight excluding hydrogens is 236 g/mol. The van der Waals surface area contributed by atoms with Gasteiger partial charge in [-0.3, -0.25) is 4.79 Å². The van der Waals surface area contributed by atoms with Gasteiger partial charge >= 0.3 is 0 Å². The van der Waals surface area contributed by atoms with E-state index in [1.54, 1.807) is 0 Å². The highest BCUT2D eigenvalue weighted by molar-refractivity contribution is 5.85. The number of likely N-dealkylation sites (tertiary alicyclic amines) is 1. The van der Waals surface area contributed by atoms with E-state index in [4.69, 9.17) is 5.73 Å². The fourth-order valence-electron chi connectivity index (χ4n) is 3.27. The Labute approximate surface area is 111 Å². The third kappa shape index (κ3) is 3.35. The first-order chi connectivity index (χ1) is 7.72. The Bertz CT molecular complexity index is 260. The summed E-state index contributed by atoms with van der Waals surface area (Å²) in [6, 6.07) is 0. The summed E-state index contributed by atoms with van der Waals surface area (Å²) in [5.74, 6) is 1.75. The van der Waals surface area contributed by atoms with E-state index in [0.717, 1.165) is 25.9 Å². The molecule has 0 aromatic heterocycles. The number of piperidine rings is 1. The van der Waals surface area contributed by atoms with Crippen LogP contribution in [0.5, 0.6) is 0 Å². The van der Waals surface area contributed by atoms with Crippen molar-refractivity contribution in [2.45, 2.75) is 39.0 Å². The molecule has 1 saturated heterocycles. The Hall–Kier alpha value is -0.280. The highest BCUT2D eigenvalue weighted by atomic mass is 35.5. The van der Waals surface area contributed by atoms with Crippen molar-refractivity contribution >= 4 is 18.3 Å². The lowest BCUT2D eigenvalue weighted by molar-refractivity contribution is -0.138. The van der Waals surface area contributed by atoms with Crippen LogP contribution in [-0.4, -0.2) is 30.4 Å². The van der Waals surface area contributed by atoms with Crippen molar-refractivity contribution in [3.05, 3.63) is 0 Å². The van der Waals surface area contributed by atoms with Gasteiger partial charge in [0.2, 0.25) is 5.91 Å². The first kappa shape index (κ1) is 14.8. The molecular formula is C13H25ClN2O. The molecule has 3 nitrogen and oxygen atoms in total. The summed E-state index contributed by atoms with van der Waals surface area (Å²) in [7, 11) is 0. The number of carbonyl (C=O) groups is 1. The van der Waals surface area contributed by atoms with Crippen molar-refractivity contribution < 1.29 is 4.79 Å². The quantitative estimate of drug-likeness (QED) is 0.826. The molecule has 0 aromatic rings. The van der Waals surface area contributed by atoms with Crippen molar-refractivity contribution in [2.24, 2.45) is 23.5 Å². The molecule has 0 radical (unpaired) electrons. The third-order valence-corrected chi connectivity index (χ3v) is 4.25. The van der Waals surface area contributed by atoms with Crippen molar-refractivity contribution in [3.8, 4) is 0 Å². The molecule has 2 rings (SSSR count). The van der Waals surface area contributed by atoms with E-state index >= 15 is 0 Å². The molecule has 0 aromatic carbocycles. The van der Waals surface area contributed by atoms with Crippen LogP contribution in [0.3, 0.4) is 0 Å². The van der Waals surface area contributed by atoms with Crippen LogP contribution in [0.15, 0.2) is 0 Å². The van der Waals surface area contributed by atoms with E-state index < -0.39 is 0 Å². The summed E-state index contributed by atoms with van der Waals surface area (Å²) in [5, 5.41) is 0. The summed E-state index contributed by atoms with van der Waals surface area (Å²) >= 11 is 0. The fraction of sp³-hybridized carbons (Fsp3) is 0.923. The van der Waals surface area contributed by atoms with Crippen LogP contribution in [0.25, 0.3) is 0 Å². The molecule has 4 heteroatoms. The van der Waals surface area contributed by atoms with Crippen LogP contribution in [0.2, 0.25) is 0 Å². The maximum atomic E-state index is 12.4. The minimum Gasteiger partial charge on any atom is -0.342 e. The van der Waals surface area contributed by atoms with Gasteiger partial charge in [-0.2, -0.15) is 0 Å². The van der Waals surface area contributed by atoms with Gasteiger partial charge in [0.25, 0.3) is 0 Å². The van der Waals surface area contributed by atoms with Crippen LogP contribution >= 0.6 is 12.4 Å². The molecule has 100 valence electrons. The summed E-state index contributed by atoms with van der Waals surface area (Å²) in [4.78, 5) is 14.5. The van der Waals surface area contributed by atoms with Gasteiger partial charge in [-0.25, -0.2) is 0 Å². The molecule has 1 aliphatic carbocycles. The molecule has 1 aliphatic heterocycles. The van der Waals surface area contributed by atoms with Gasteiger partial charge in [0.05, 0.1) is 0 Å². The molecule has 2 N–H and O–H groups in total. The van der Waals surface area contributed by atoms with E-state index in [9.17, 15) is 4.79 Å². The van der Waals surface area contributed by atoms with Crippen molar-refractivity contribution in [1.29, 1.82) is 0 Å². The van der Waals surface area contributed by atoms with Gasteiger partial charge < -0.3 is 10.6 Å². The largest absolute Gasteiger partial charge is 0.342 e. The lowest BCUT2D eigenvalue weighted by Gasteiger charge is -2.34. The normalized spacial score (nSPS) is 33.3. The van der Waals surface area contributed by atoms with Crippen molar-refractivity contribution in [1.82, 2.24) is 4.90 Å². The number of hydrogen-bond donors (Lipinski definition) is 1. The summed E-state index contributed by atoms with van der Waals surface area (Å²) < 4.78 is 0. The average molecular weight is 261 g/mol. The van der Waals surface area contributed by atoms with Crippen LogP contribution in [0, 0.1) is 17.8 Å². The third-order valence-electron chi connectivity index (χ3n) is 4.25. The Kier molecular flexibility index (Phi) is 5.74. The Balaban J connectivity index is 0.00000144. The highest BCUT2D eigenvalue weighted by Gasteiger charge is 2.35. The SMILES string of the molecule is CC1CCCN(C(=O)[C@@H]2CCC[C@@H]2CN)C1.Cl. The molecule has 1 saturated carbocycles. The Morgan fingerprint density at radius 3 is 2.71 bits per heavy atom. The highest BCUT2D eigenvalue weighted by Crippen LogP contribution is 2.33. The second kappa shape index (κ2) is 6.60. The molecule has 1 unspecified atom stereocenters. The van der Waals surface area contributed by atoms with Crippen LogP contribution in [-0.2, 0) is 4.79 Å². The van der Waals surface area contributed by atoms with Gasteiger partial charge in [-0.1, -0.05) is 13.3 Å². The zero-order chi connectivity index (χ0) is 11.5. The molecule has 2 fully saturated rings. The average Bonchev–Trinajstić information content (AvgIpc) is 2.76. The van der Waals surface area contributed by atoms with Crippen LogP contribution in [0.4, 0.5) is 0 Å². The second-order valence-electron chi connectivity index (χ2n) is 5.56. The minimum atomic E-state index is 0. The second-order valence-corrected chi connectivity index (χ2v) is 5.56. The number of hydrogen-bond acceptors (Lipinski definition) is 2. The zero-order valence-electron chi connectivity index (χ0n) is 10.7. The molecule has 0 bridgehead atoms. The predicted molar refractivity (Wildman–Crippen MR) is 72.1 cm³/mol. The monoisotopic (exact) mass is 260 g/mol. The Morgan fingerprint density at radius 2 is 2.06 bits per heavy atom. The van der Waals surface area contributed by atoms with Gasteiger partial charge in [0, 0.05) is 19.0 Å². The number of rotatable bonds is 2. The molecule has 17 heavy (non-hydrogen) atoms. The van der Waals surface area contributed by atoms with Gasteiger partial charge in [-0.15, -0.1) is 12.4 Å². The summed E-state index contributed by atoms with van der Waals surface area (Å²) in [5.41, 5.74) is 5.75. The topological polar surface area (TPSA) is 46.3 Å². The number of amides is 1. The number of nitrogens with zero attached hydrogens (tertiary/aromatic N) is 1. The van der Waals surface area contributed by atoms with E-state index in [2.05, 4.69) is 11.8 Å². The lowest BCUT2D eigenvalue weighted by Crippen LogP contribution is -2.44. The predicted octanol–water partition coefficient (Wildman–Crippen LogP) is 2.04. The smallest absolute Gasteiger partial charge is 0.226 e. The summed E-state index contributed by atoms with van der Waals surface area (Å²) in [6.07, 6.45) is 5.84. The molecule has 1 amide bonds. The Morgan fingerprint density at radius 1 is 1.29 bits per heavy atom. The van der Waals surface area contributed by atoms with Crippen LogP contribution < -0.4 is 5.73 Å². The van der Waals surface area contributed by atoms with Crippen molar-refractivity contribution in [3.63, 3.8) is 0 Å². The lowest BCUT2D eigenvalue weighted by atomic mass is 9.92. The van der Waals surface area contributed by atoms with Crippen molar-refractivity contribution in [2.75, 3.05) is 19.6 Å². The standard InChI is InChI=1S/C13H24N2O.ClH/c1-10-4-3-7-15(9-10)13(16)12-6-2-5-11(12)8-14;/h10-12H,2-9,14H2,1H3;1H/t10?,11-,12-;/m1./s1. The number of carbonyl (C=O) groups excluding carboxylic acids is 1. The van der Waals surface area contributed by atoms with Gasteiger partial charge in [0.1, 0.15) is 0 Å². The van der Waals surface area contributed by atoms with E-state index in [1.807, 2.05) is 0 Å². The molecule has 2 aliphatic rings. The maximum Gasteiger partial charge on any atom is 0.226 e. The fourth-order valence-corrected chi connectivity index (χ4v) is 3.27. The number of halogens is 1. The summed E-state index contributed by atoms with van der Waals surface area (Å²) in [6.45, 7) is 4.86. The van der Waals surface area contributed by atoms with Gasteiger partial charge in [-0.05, 0) is 44.1 Å². The van der Waals surface area contributed by atoms with E-state index in [-0.39, 0.29) is 18.3 Å². The maximum absolute atomic E-state index is 12.4. The molecule has 3 atom stereocenters. The van der Waals surface area contributed by atoms with E-state index in [1.165, 1.54) is 19.3 Å². The zero-order valence-corrected chi connectivity index (χ0v) is 11.5. The minimum absolute atomic E-state index is 0.